The van der Waals surface area contributed by atoms with Gasteiger partial charge in [-0.05, 0) is 87.7 Å². The molecule has 7 nitrogen and oxygen atoms in total. The Morgan fingerprint density at radius 1 is 0.794 bits per heavy atom. The zero-order valence-corrected chi connectivity index (χ0v) is 38.3. The van der Waals surface area contributed by atoms with Gasteiger partial charge in [-0.2, -0.15) is 0 Å². The lowest BCUT2D eigenvalue weighted by atomic mass is 9.69. The van der Waals surface area contributed by atoms with E-state index in [2.05, 4.69) is 130 Å². The standard InChI is InChI=1S/C55H62N2O5Si/c1-5-38(33-40-26-27-49(58)46-24-16-15-23-45(40)46)25-28-50-51-41(36-62-63(55(2,3)4,43-19-11-7-12-20-43)44-21-13-8-14-22-44)34-47-52(48(51)37-61-50)54(60)57(53(47)59)42-29-31-56(32-30-42)35-39-17-9-6-10-18-39/h6-24,26-27,33,42,47-48,50,52,58H,5,25,28-32,34-37H2,1-4H3/b38-33+/t47-,48+,50-,52-/m1/s1. The number of carbonyl (C=O) groups excluding carboxylic acids is 2. The maximum atomic E-state index is 14.8. The summed E-state index contributed by atoms with van der Waals surface area (Å²) in [6.07, 6.45) is 6.66. The van der Waals surface area contributed by atoms with Crippen LogP contribution >= 0.6 is 0 Å². The molecule has 3 aliphatic heterocycles. The van der Waals surface area contributed by atoms with E-state index in [1.807, 2.05) is 30.3 Å². The lowest BCUT2D eigenvalue weighted by Crippen LogP contribution is -2.66. The molecule has 0 saturated carbocycles. The molecule has 0 bridgehead atoms. The van der Waals surface area contributed by atoms with Crippen molar-refractivity contribution in [1.29, 1.82) is 0 Å². The Labute approximate surface area is 374 Å². The van der Waals surface area contributed by atoms with Crippen LogP contribution in [0.1, 0.15) is 77.3 Å². The van der Waals surface area contributed by atoms with Crippen molar-refractivity contribution < 1.29 is 23.9 Å². The number of rotatable bonds is 13. The van der Waals surface area contributed by atoms with Crippen LogP contribution in [0, 0.1) is 17.8 Å². The second-order valence-electron chi connectivity index (χ2n) is 19.2. The van der Waals surface area contributed by atoms with Gasteiger partial charge in [0.05, 0.1) is 31.2 Å². The number of hydrogen-bond donors (Lipinski definition) is 1. The van der Waals surface area contributed by atoms with Crippen molar-refractivity contribution in [3.8, 4) is 5.75 Å². The summed E-state index contributed by atoms with van der Waals surface area (Å²) >= 11 is 0. The molecule has 9 rings (SSSR count). The lowest BCUT2D eigenvalue weighted by molar-refractivity contribution is -0.144. The summed E-state index contributed by atoms with van der Waals surface area (Å²) in [6.45, 7) is 12.5. The molecule has 3 heterocycles. The minimum absolute atomic E-state index is 0.00133. The fourth-order valence-corrected chi connectivity index (χ4v) is 16.0. The van der Waals surface area contributed by atoms with Gasteiger partial charge in [-0.1, -0.05) is 161 Å². The van der Waals surface area contributed by atoms with Crippen LogP contribution in [0.3, 0.4) is 0 Å². The molecule has 63 heavy (non-hydrogen) atoms. The van der Waals surface area contributed by atoms with E-state index in [9.17, 15) is 14.7 Å². The van der Waals surface area contributed by atoms with Crippen LogP contribution in [-0.2, 0) is 25.3 Å². The number of imide groups is 1. The van der Waals surface area contributed by atoms with Crippen LogP contribution in [-0.4, -0.2) is 73.5 Å². The molecule has 0 aromatic heterocycles. The van der Waals surface area contributed by atoms with Crippen LogP contribution in [0.2, 0.25) is 5.04 Å². The van der Waals surface area contributed by atoms with E-state index in [1.165, 1.54) is 27.1 Å². The number of nitrogens with zero attached hydrogens (tertiary/aromatic N) is 2. The Hall–Kier alpha value is -5.12. The van der Waals surface area contributed by atoms with Crippen LogP contribution in [0.25, 0.3) is 16.8 Å². The molecular formula is C55H62N2O5Si. The van der Waals surface area contributed by atoms with Crippen LogP contribution < -0.4 is 10.4 Å². The van der Waals surface area contributed by atoms with Gasteiger partial charge in [-0.3, -0.25) is 19.4 Å². The molecule has 5 aromatic rings. The fraction of sp³-hybridized carbons (Fsp3) is 0.382. The van der Waals surface area contributed by atoms with Crippen LogP contribution in [0.4, 0.5) is 0 Å². The second-order valence-corrected chi connectivity index (χ2v) is 23.5. The fourth-order valence-electron chi connectivity index (χ4n) is 11.4. The SMILES string of the molecule is CC/C(=C\c1ccc(O)c2ccccc12)CC[C@H]1OC[C@H]2C1=C(CO[Si](c1ccccc1)(c1ccccc1)C(C)(C)C)C[C@H]1C(=O)N(C3CCN(Cc4ccccc4)CC3)C(=O)[C@H]12. The molecular weight excluding hydrogens is 797 g/mol. The topological polar surface area (TPSA) is 79.3 Å². The summed E-state index contributed by atoms with van der Waals surface area (Å²) in [5.74, 6) is -0.716. The summed E-state index contributed by atoms with van der Waals surface area (Å²) in [5, 5.41) is 14.7. The van der Waals surface area contributed by atoms with Gasteiger partial charge in [0.1, 0.15) is 5.75 Å². The number of ether oxygens (including phenoxy) is 1. The average Bonchev–Trinajstić information content (AvgIpc) is 3.84. The van der Waals surface area contributed by atoms with Crippen molar-refractivity contribution in [2.75, 3.05) is 26.3 Å². The molecule has 4 atom stereocenters. The normalized spacial score (nSPS) is 22.5. The van der Waals surface area contributed by atoms with E-state index >= 15 is 0 Å². The monoisotopic (exact) mass is 858 g/mol. The first-order chi connectivity index (χ1) is 30.6. The predicted octanol–water partition coefficient (Wildman–Crippen LogP) is 9.68. The number of aromatic hydroxyl groups is 1. The van der Waals surface area contributed by atoms with E-state index in [0.717, 1.165) is 73.6 Å². The average molecular weight is 859 g/mol. The molecule has 3 fully saturated rings. The minimum atomic E-state index is -2.92. The highest BCUT2D eigenvalue weighted by atomic mass is 28.4. The van der Waals surface area contributed by atoms with Crippen LogP contribution in [0.5, 0.6) is 5.75 Å². The van der Waals surface area contributed by atoms with E-state index in [-0.39, 0.29) is 40.7 Å². The maximum Gasteiger partial charge on any atom is 0.261 e. The number of allylic oxidation sites excluding steroid dienone is 1. The van der Waals surface area contributed by atoms with Crippen molar-refractivity contribution >= 4 is 47.4 Å². The molecule has 2 amide bonds. The molecule has 1 aliphatic carbocycles. The Morgan fingerprint density at radius 3 is 2.05 bits per heavy atom. The number of phenolic OH excluding ortho intramolecular Hbond substituents is 1. The number of likely N-dealkylation sites (tertiary alicyclic amines) is 2. The number of benzene rings is 5. The third kappa shape index (κ3) is 8.27. The predicted molar refractivity (Wildman–Crippen MR) is 255 cm³/mol. The Bertz CT molecular complexity index is 2450. The lowest BCUT2D eigenvalue weighted by Gasteiger charge is -2.44. The number of carbonyl (C=O) groups is 2. The number of piperidine rings is 1. The highest BCUT2D eigenvalue weighted by Crippen LogP contribution is 2.51. The Kier molecular flexibility index (Phi) is 12.4. The van der Waals surface area contributed by atoms with Gasteiger partial charge in [0, 0.05) is 37.0 Å². The first kappa shape index (κ1) is 43.1. The van der Waals surface area contributed by atoms with E-state index in [0.29, 0.717) is 19.6 Å². The van der Waals surface area contributed by atoms with Gasteiger partial charge in [-0.25, -0.2) is 0 Å². The van der Waals surface area contributed by atoms with Gasteiger partial charge >= 0.3 is 0 Å². The zero-order valence-electron chi connectivity index (χ0n) is 37.3. The van der Waals surface area contributed by atoms with Crippen molar-refractivity contribution in [2.45, 2.75) is 89.9 Å². The first-order valence-corrected chi connectivity index (χ1v) is 25.1. The Morgan fingerprint density at radius 2 is 1.41 bits per heavy atom. The summed E-state index contributed by atoms with van der Waals surface area (Å²) in [7, 11) is -2.92. The highest BCUT2D eigenvalue weighted by Gasteiger charge is 2.59. The summed E-state index contributed by atoms with van der Waals surface area (Å²) in [6, 6.07) is 43.7. The van der Waals surface area contributed by atoms with Gasteiger partial charge < -0.3 is 14.3 Å². The van der Waals surface area contributed by atoms with Crippen molar-refractivity contribution in [3.63, 3.8) is 0 Å². The summed E-state index contributed by atoms with van der Waals surface area (Å²) in [4.78, 5) is 33.7. The number of amides is 2. The number of hydrogen-bond acceptors (Lipinski definition) is 6. The maximum absolute atomic E-state index is 14.8. The van der Waals surface area contributed by atoms with Crippen LogP contribution in [0.15, 0.2) is 144 Å². The molecule has 8 heteroatoms. The third-order valence-electron chi connectivity index (χ3n) is 14.6. The molecule has 0 radical (unpaired) electrons. The smallest absolute Gasteiger partial charge is 0.261 e. The molecule has 0 spiro atoms. The van der Waals surface area contributed by atoms with Crippen molar-refractivity contribution in [2.24, 2.45) is 17.8 Å². The minimum Gasteiger partial charge on any atom is -0.507 e. The van der Waals surface area contributed by atoms with Gasteiger partial charge in [0.2, 0.25) is 11.8 Å². The third-order valence-corrected chi connectivity index (χ3v) is 19.6. The quantitative estimate of drug-likeness (QED) is 0.0723. The molecule has 326 valence electrons. The van der Waals surface area contributed by atoms with E-state index in [4.69, 9.17) is 9.16 Å². The summed E-state index contributed by atoms with van der Waals surface area (Å²) < 4.78 is 14.5. The highest BCUT2D eigenvalue weighted by molar-refractivity contribution is 6.99. The molecule has 0 unspecified atom stereocenters. The summed E-state index contributed by atoms with van der Waals surface area (Å²) in [5.41, 5.74) is 6.01. The first-order valence-electron chi connectivity index (χ1n) is 23.2. The zero-order chi connectivity index (χ0) is 43.7. The molecule has 4 aliphatic rings. The van der Waals surface area contributed by atoms with Gasteiger partial charge in [-0.15, -0.1) is 0 Å². The molecule has 3 saturated heterocycles. The Balaban J connectivity index is 1.03. The number of phenols is 1. The van der Waals surface area contributed by atoms with Crippen molar-refractivity contribution in [3.05, 3.63) is 155 Å². The number of fused-ring (bicyclic) bond motifs is 4. The van der Waals surface area contributed by atoms with Crippen molar-refractivity contribution in [1.82, 2.24) is 9.80 Å². The largest absolute Gasteiger partial charge is 0.507 e. The van der Waals surface area contributed by atoms with E-state index in [1.54, 1.807) is 11.0 Å². The van der Waals surface area contributed by atoms with E-state index < -0.39 is 20.2 Å². The second kappa shape index (κ2) is 18.2. The van der Waals surface area contributed by atoms with Gasteiger partial charge in [0.15, 0.2) is 0 Å². The molecule has 1 N–H and O–H groups in total. The van der Waals surface area contributed by atoms with Gasteiger partial charge in [0.25, 0.3) is 8.32 Å². The molecule has 5 aromatic carbocycles.